The summed E-state index contributed by atoms with van der Waals surface area (Å²) in [5.74, 6) is 3.00. The molecule has 2 saturated carbocycles. The summed E-state index contributed by atoms with van der Waals surface area (Å²) in [7, 11) is 1.87. The molecular weight excluding hydrogens is 232 g/mol. The zero-order valence-electron chi connectivity index (χ0n) is 13.2. The van der Waals surface area contributed by atoms with Gasteiger partial charge < -0.3 is 4.74 Å². The molecule has 0 heterocycles. The van der Waals surface area contributed by atoms with E-state index in [-0.39, 0.29) is 0 Å². The summed E-state index contributed by atoms with van der Waals surface area (Å²) in [6, 6.07) is 0. The second kappa shape index (κ2) is 8.29. The van der Waals surface area contributed by atoms with Crippen LogP contribution in [0.25, 0.3) is 0 Å². The highest BCUT2D eigenvalue weighted by Gasteiger charge is 2.25. The smallest absolute Gasteiger partial charge is 0.0571 e. The minimum absolute atomic E-state index is 0.561. The third kappa shape index (κ3) is 5.10. The second-order valence-electron chi connectivity index (χ2n) is 7.18. The van der Waals surface area contributed by atoms with Crippen LogP contribution in [0.3, 0.4) is 0 Å². The van der Waals surface area contributed by atoms with Crippen molar-refractivity contribution in [1.82, 2.24) is 0 Å². The van der Waals surface area contributed by atoms with Gasteiger partial charge in [-0.1, -0.05) is 58.3 Å². The van der Waals surface area contributed by atoms with Crippen molar-refractivity contribution in [3.05, 3.63) is 0 Å². The van der Waals surface area contributed by atoms with E-state index in [0.717, 1.165) is 17.8 Å². The summed E-state index contributed by atoms with van der Waals surface area (Å²) in [4.78, 5) is 0. The first-order valence-corrected chi connectivity index (χ1v) is 8.82. The molecule has 2 fully saturated rings. The maximum atomic E-state index is 5.48. The first-order valence-electron chi connectivity index (χ1n) is 8.82. The zero-order chi connectivity index (χ0) is 13.5. The average molecular weight is 266 g/mol. The highest BCUT2D eigenvalue weighted by Crippen LogP contribution is 2.35. The van der Waals surface area contributed by atoms with E-state index < -0.39 is 0 Å². The van der Waals surface area contributed by atoms with E-state index in [9.17, 15) is 0 Å². The number of methoxy groups -OCH3 is 1. The average Bonchev–Trinajstić information content (AvgIpc) is 2.48. The Bertz CT molecular complexity index is 224. The normalized spacial score (nSPS) is 31.3. The van der Waals surface area contributed by atoms with Gasteiger partial charge in [0.25, 0.3) is 0 Å². The van der Waals surface area contributed by atoms with Gasteiger partial charge >= 0.3 is 0 Å². The van der Waals surface area contributed by atoms with Gasteiger partial charge in [-0.3, -0.25) is 0 Å². The molecule has 0 N–H and O–H groups in total. The lowest BCUT2D eigenvalue weighted by Gasteiger charge is -2.32. The summed E-state index contributed by atoms with van der Waals surface area (Å²) in [6.45, 7) is 2.50. The quantitative estimate of drug-likeness (QED) is 0.610. The molecule has 1 heteroatoms. The van der Waals surface area contributed by atoms with Gasteiger partial charge in [0.05, 0.1) is 6.10 Å². The van der Waals surface area contributed by atoms with E-state index in [4.69, 9.17) is 4.74 Å². The third-order valence-electron chi connectivity index (χ3n) is 5.85. The lowest BCUT2D eigenvalue weighted by molar-refractivity contribution is 0.0468. The van der Waals surface area contributed by atoms with Crippen molar-refractivity contribution in [2.45, 2.75) is 90.1 Å². The molecule has 0 amide bonds. The summed E-state index contributed by atoms with van der Waals surface area (Å²) in [5, 5.41) is 0. The number of hydrogen-bond acceptors (Lipinski definition) is 1. The molecule has 0 aromatic carbocycles. The Morgan fingerprint density at radius 3 is 2.26 bits per heavy atom. The van der Waals surface area contributed by atoms with Gasteiger partial charge in [0.1, 0.15) is 0 Å². The Labute approximate surface area is 120 Å². The Morgan fingerprint density at radius 2 is 1.63 bits per heavy atom. The van der Waals surface area contributed by atoms with E-state index in [1.165, 1.54) is 77.0 Å². The Hall–Kier alpha value is -0.0400. The fraction of sp³-hybridized carbons (Fsp3) is 1.00. The lowest BCUT2D eigenvalue weighted by Crippen LogP contribution is -2.24. The number of ether oxygens (including phenoxy) is 1. The molecule has 0 radical (unpaired) electrons. The molecule has 0 aliphatic heterocycles. The number of hydrogen-bond donors (Lipinski definition) is 0. The minimum atomic E-state index is 0.561. The summed E-state index contributed by atoms with van der Waals surface area (Å²) in [6.07, 6.45) is 18.0. The molecule has 0 aromatic rings. The van der Waals surface area contributed by atoms with Crippen LogP contribution in [-0.2, 0) is 4.74 Å². The first kappa shape index (κ1) is 15.4. The Morgan fingerprint density at radius 1 is 0.947 bits per heavy atom. The Balaban J connectivity index is 1.57. The predicted octanol–water partition coefficient (Wildman–Crippen LogP) is 5.58. The fourth-order valence-electron chi connectivity index (χ4n) is 4.33. The monoisotopic (exact) mass is 266 g/mol. The molecule has 0 saturated heterocycles. The summed E-state index contributed by atoms with van der Waals surface area (Å²) < 4.78 is 5.48. The summed E-state index contributed by atoms with van der Waals surface area (Å²) >= 11 is 0. The molecule has 0 spiro atoms. The standard InChI is InChI=1S/C18H34O/c1-15(17-11-13-18(19-2)14-12-17)7-6-10-16-8-4-3-5-9-16/h15-18H,3-14H2,1-2H3. The van der Waals surface area contributed by atoms with Gasteiger partial charge in [-0.25, -0.2) is 0 Å². The van der Waals surface area contributed by atoms with Gasteiger partial charge in [-0.2, -0.15) is 0 Å². The van der Waals surface area contributed by atoms with Crippen molar-refractivity contribution in [1.29, 1.82) is 0 Å². The highest BCUT2D eigenvalue weighted by atomic mass is 16.5. The van der Waals surface area contributed by atoms with Crippen LogP contribution in [0.4, 0.5) is 0 Å². The van der Waals surface area contributed by atoms with Gasteiger partial charge in [0.15, 0.2) is 0 Å². The van der Waals surface area contributed by atoms with Crippen molar-refractivity contribution in [3.8, 4) is 0 Å². The topological polar surface area (TPSA) is 9.23 Å². The molecule has 1 unspecified atom stereocenters. The van der Waals surface area contributed by atoms with Crippen LogP contribution in [0.2, 0.25) is 0 Å². The van der Waals surface area contributed by atoms with Crippen LogP contribution in [0, 0.1) is 17.8 Å². The van der Waals surface area contributed by atoms with Crippen LogP contribution in [-0.4, -0.2) is 13.2 Å². The van der Waals surface area contributed by atoms with Crippen molar-refractivity contribution < 1.29 is 4.74 Å². The third-order valence-corrected chi connectivity index (χ3v) is 5.85. The van der Waals surface area contributed by atoms with Crippen LogP contribution >= 0.6 is 0 Å². The molecule has 2 rings (SSSR count). The fourth-order valence-corrected chi connectivity index (χ4v) is 4.33. The van der Waals surface area contributed by atoms with Gasteiger partial charge in [-0.05, 0) is 43.4 Å². The van der Waals surface area contributed by atoms with Crippen LogP contribution in [0.15, 0.2) is 0 Å². The van der Waals surface area contributed by atoms with Gasteiger partial charge in [-0.15, -0.1) is 0 Å². The van der Waals surface area contributed by atoms with Crippen LogP contribution < -0.4 is 0 Å². The van der Waals surface area contributed by atoms with Crippen molar-refractivity contribution >= 4 is 0 Å². The van der Waals surface area contributed by atoms with E-state index >= 15 is 0 Å². The molecule has 2 aliphatic carbocycles. The maximum absolute atomic E-state index is 5.48. The zero-order valence-corrected chi connectivity index (χ0v) is 13.2. The van der Waals surface area contributed by atoms with E-state index in [1.807, 2.05) is 7.11 Å². The first-order chi connectivity index (χ1) is 9.29. The minimum Gasteiger partial charge on any atom is -0.381 e. The summed E-state index contributed by atoms with van der Waals surface area (Å²) in [5.41, 5.74) is 0. The van der Waals surface area contributed by atoms with E-state index in [1.54, 1.807) is 0 Å². The molecule has 0 aromatic heterocycles. The van der Waals surface area contributed by atoms with E-state index in [0.29, 0.717) is 6.10 Å². The number of rotatable bonds is 6. The van der Waals surface area contributed by atoms with Gasteiger partial charge in [0.2, 0.25) is 0 Å². The largest absolute Gasteiger partial charge is 0.381 e. The lowest BCUT2D eigenvalue weighted by atomic mass is 9.77. The molecule has 19 heavy (non-hydrogen) atoms. The van der Waals surface area contributed by atoms with Gasteiger partial charge in [0, 0.05) is 7.11 Å². The molecule has 2 aliphatic rings. The SMILES string of the molecule is COC1CCC(C(C)CCCC2CCCCC2)CC1. The van der Waals surface area contributed by atoms with Crippen molar-refractivity contribution in [2.75, 3.05) is 7.11 Å². The van der Waals surface area contributed by atoms with Crippen LogP contribution in [0.5, 0.6) is 0 Å². The highest BCUT2D eigenvalue weighted by molar-refractivity contribution is 4.76. The molecule has 112 valence electrons. The molecule has 1 nitrogen and oxygen atoms in total. The van der Waals surface area contributed by atoms with Crippen LogP contribution in [0.1, 0.15) is 84.0 Å². The Kier molecular flexibility index (Phi) is 6.70. The second-order valence-corrected chi connectivity index (χ2v) is 7.18. The van der Waals surface area contributed by atoms with Crippen molar-refractivity contribution in [2.24, 2.45) is 17.8 Å². The molecule has 1 atom stereocenters. The molecular formula is C18H34O. The van der Waals surface area contributed by atoms with E-state index in [2.05, 4.69) is 6.92 Å². The van der Waals surface area contributed by atoms with Crippen molar-refractivity contribution in [3.63, 3.8) is 0 Å². The predicted molar refractivity (Wildman–Crippen MR) is 82.3 cm³/mol. The molecule has 0 bridgehead atoms. The maximum Gasteiger partial charge on any atom is 0.0571 e.